The van der Waals surface area contributed by atoms with E-state index in [1.165, 1.54) is 22.3 Å². The van der Waals surface area contributed by atoms with Gasteiger partial charge >= 0.3 is 0 Å². The molecule has 0 amide bonds. The third-order valence-corrected chi connectivity index (χ3v) is 3.10. The van der Waals surface area contributed by atoms with Gasteiger partial charge in [-0.25, -0.2) is 0 Å². The summed E-state index contributed by atoms with van der Waals surface area (Å²) >= 11 is 8.68. The number of hydrogen-bond donors (Lipinski definition) is 2. The van der Waals surface area contributed by atoms with E-state index in [0.29, 0.717) is 0 Å². The maximum Gasteiger partial charge on any atom is 0.0160 e. The zero-order valence-corrected chi connectivity index (χ0v) is 9.56. The fourth-order valence-electron chi connectivity index (χ4n) is 1.73. The van der Waals surface area contributed by atoms with Crippen molar-refractivity contribution in [2.45, 2.75) is 11.5 Å². The van der Waals surface area contributed by atoms with E-state index in [-0.39, 0.29) is 0 Å². The van der Waals surface area contributed by atoms with E-state index in [4.69, 9.17) is 0 Å². The first kappa shape index (κ1) is 9.94. The zero-order valence-electron chi connectivity index (χ0n) is 7.77. The minimum atomic E-state index is 0.786. The molecule has 2 aliphatic carbocycles. The molecule has 2 heteroatoms. The van der Waals surface area contributed by atoms with E-state index < -0.39 is 0 Å². The summed E-state index contributed by atoms with van der Waals surface area (Å²) in [7, 11) is 0. The Hall–Kier alpha value is -0.600. The molecule has 0 N–H and O–H groups in total. The quantitative estimate of drug-likeness (QED) is 0.709. The monoisotopic (exact) mass is 220 g/mol. The van der Waals surface area contributed by atoms with Crippen molar-refractivity contribution < 1.29 is 0 Å². The highest BCUT2D eigenvalue weighted by Gasteiger charge is 2.11. The van der Waals surface area contributed by atoms with Gasteiger partial charge in [0, 0.05) is 11.5 Å². The molecule has 0 aliphatic heterocycles. The maximum absolute atomic E-state index is 4.34. The summed E-state index contributed by atoms with van der Waals surface area (Å²) in [5.74, 6) is 1.57. The predicted octanol–water partition coefficient (Wildman–Crippen LogP) is 3.65. The molecule has 2 rings (SSSR count). The fraction of sp³-hybridized carbons (Fsp3) is 0.167. The third kappa shape index (κ3) is 1.64. The van der Waals surface area contributed by atoms with E-state index in [1.807, 2.05) is 6.07 Å². The molecule has 14 heavy (non-hydrogen) atoms. The molecule has 0 bridgehead atoms. The van der Waals surface area contributed by atoms with Crippen LogP contribution in [0, 0.1) is 0 Å². The Morgan fingerprint density at radius 3 is 1.71 bits per heavy atom. The lowest BCUT2D eigenvalue weighted by atomic mass is 10.1. The lowest BCUT2D eigenvalue weighted by molar-refractivity contribution is 1.45. The molecule has 2 aliphatic rings. The highest BCUT2D eigenvalue weighted by atomic mass is 32.1. The number of hydrogen-bond acceptors (Lipinski definition) is 2. The molecule has 0 aromatic carbocycles. The Kier molecular flexibility index (Phi) is 3.04. The summed E-state index contributed by atoms with van der Waals surface area (Å²) in [6.07, 6.45) is 0. The summed E-state index contributed by atoms with van der Waals surface area (Å²) in [6.45, 7) is 0. The normalized spacial score (nSPS) is 10.7. The molecule has 0 atom stereocenters. The molecule has 72 valence electrons. The van der Waals surface area contributed by atoms with E-state index >= 15 is 0 Å². The average molecular weight is 220 g/mol. The Bertz CT molecular complexity index is 374. The van der Waals surface area contributed by atoms with Gasteiger partial charge in [-0.05, 0) is 22.3 Å². The summed E-state index contributed by atoms with van der Waals surface area (Å²) in [6, 6.07) is 12.7. The second-order valence-corrected chi connectivity index (χ2v) is 3.88. The van der Waals surface area contributed by atoms with Crippen molar-refractivity contribution in [3.8, 4) is 11.1 Å². The molecule has 0 aromatic heterocycles. The molecular weight excluding hydrogens is 208 g/mol. The van der Waals surface area contributed by atoms with Gasteiger partial charge in [-0.3, -0.25) is 0 Å². The Morgan fingerprint density at radius 2 is 1.29 bits per heavy atom. The summed E-state index contributed by atoms with van der Waals surface area (Å²) in [5, 5.41) is 0. The maximum atomic E-state index is 4.34. The van der Waals surface area contributed by atoms with Crippen LogP contribution in [-0.2, 0) is 11.5 Å². The second-order valence-electron chi connectivity index (χ2n) is 3.25. The lowest BCUT2D eigenvalue weighted by Crippen LogP contribution is -1.75. The first-order valence-electron chi connectivity index (χ1n) is 4.58. The summed E-state index contributed by atoms with van der Waals surface area (Å²) < 4.78 is 0. The molecule has 0 aromatic rings. The van der Waals surface area contributed by atoms with E-state index in [2.05, 4.69) is 55.6 Å². The van der Waals surface area contributed by atoms with Crippen molar-refractivity contribution in [2.75, 3.05) is 0 Å². The zero-order chi connectivity index (χ0) is 9.97. The SMILES string of the molecule is SCc1cc(CS)c2cccccc1-2. The molecule has 0 radical (unpaired) electrons. The average Bonchev–Trinajstić information content (AvgIpc) is 2.39. The van der Waals surface area contributed by atoms with Gasteiger partial charge in [0.05, 0.1) is 0 Å². The Balaban J connectivity index is 2.67. The standard InChI is InChI=1S/C12H12S2/c13-7-9-6-10(8-14)12-5-3-1-2-4-11(9)12/h1-6,13-14H,7-8H2. The Labute approximate surface area is 95.5 Å². The van der Waals surface area contributed by atoms with Crippen molar-refractivity contribution >= 4 is 25.3 Å². The van der Waals surface area contributed by atoms with Crippen molar-refractivity contribution in [3.63, 3.8) is 0 Å². The van der Waals surface area contributed by atoms with Crippen molar-refractivity contribution in [1.29, 1.82) is 0 Å². The van der Waals surface area contributed by atoms with E-state index in [0.717, 1.165) is 11.5 Å². The minimum absolute atomic E-state index is 0.786. The highest BCUT2D eigenvalue weighted by Crippen LogP contribution is 2.33. The van der Waals surface area contributed by atoms with Crippen LogP contribution in [0.1, 0.15) is 11.1 Å². The lowest BCUT2D eigenvalue weighted by Gasteiger charge is -1.97. The molecule has 0 unspecified atom stereocenters. The van der Waals surface area contributed by atoms with Gasteiger partial charge in [0.25, 0.3) is 0 Å². The highest BCUT2D eigenvalue weighted by molar-refractivity contribution is 7.79. The van der Waals surface area contributed by atoms with Crippen LogP contribution in [0.3, 0.4) is 0 Å². The molecular formula is C12H12S2. The topological polar surface area (TPSA) is 0 Å². The van der Waals surface area contributed by atoms with Crippen molar-refractivity contribution in [3.05, 3.63) is 47.5 Å². The first-order chi connectivity index (χ1) is 6.86. The summed E-state index contributed by atoms with van der Waals surface area (Å²) in [4.78, 5) is 0. The minimum Gasteiger partial charge on any atom is -0.175 e. The molecule has 0 saturated heterocycles. The first-order valence-corrected chi connectivity index (χ1v) is 5.84. The van der Waals surface area contributed by atoms with Gasteiger partial charge < -0.3 is 0 Å². The fourth-order valence-corrected chi connectivity index (χ4v) is 2.26. The third-order valence-electron chi connectivity index (χ3n) is 2.42. The molecule has 0 spiro atoms. The second kappa shape index (κ2) is 4.28. The van der Waals surface area contributed by atoms with Crippen molar-refractivity contribution in [1.82, 2.24) is 0 Å². The summed E-state index contributed by atoms with van der Waals surface area (Å²) in [5.41, 5.74) is 5.19. The number of rotatable bonds is 2. The van der Waals surface area contributed by atoms with Crippen LogP contribution in [0.25, 0.3) is 11.1 Å². The van der Waals surface area contributed by atoms with E-state index in [1.54, 1.807) is 0 Å². The van der Waals surface area contributed by atoms with Crippen LogP contribution in [0.2, 0.25) is 0 Å². The van der Waals surface area contributed by atoms with Crippen LogP contribution < -0.4 is 0 Å². The number of thiol groups is 2. The van der Waals surface area contributed by atoms with Crippen LogP contribution in [-0.4, -0.2) is 0 Å². The van der Waals surface area contributed by atoms with Gasteiger partial charge in [-0.2, -0.15) is 25.3 Å². The van der Waals surface area contributed by atoms with Crippen LogP contribution in [0.4, 0.5) is 0 Å². The molecule has 0 fully saturated rings. The van der Waals surface area contributed by atoms with Gasteiger partial charge in [0.1, 0.15) is 0 Å². The number of fused-ring (bicyclic) bond motifs is 1. The van der Waals surface area contributed by atoms with Gasteiger partial charge in [-0.15, -0.1) is 0 Å². The largest absolute Gasteiger partial charge is 0.175 e. The van der Waals surface area contributed by atoms with Crippen LogP contribution in [0.15, 0.2) is 36.4 Å². The molecule has 0 saturated carbocycles. The van der Waals surface area contributed by atoms with Gasteiger partial charge in [0.2, 0.25) is 0 Å². The van der Waals surface area contributed by atoms with Gasteiger partial charge in [-0.1, -0.05) is 36.4 Å². The smallest absolute Gasteiger partial charge is 0.0160 e. The predicted molar refractivity (Wildman–Crippen MR) is 68.4 cm³/mol. The van der Waals surface area contributed by atoms with Crippen LogP contribution >= 0.6 is 25.3 Å². The van der Waals surface area contributed by atoms with Gasteiger partial charge in [0.15, 0.2) is 0 Å². The Morgan fingerprint density at radius 1 is 0.786 bits per heavy atom. The van der Waals surface area contributed by atoms with Crippen LogP contribution in [0.5, 0.6) is 0 Å². The van der Waals surface area contributed by atoms with Crippen molar-refractivity contribution in [2.24, 2.45) is 0 Å². The molecule has 0 heterocycles. The molecule has 0 nitrogen and oxygen atoms in total. The van der Waals surface area contributed by atoms with E-state index in [9.17, 15) is 0 Å².